The molecule has 2 aromatic heterocycles. The van der Waals surface area contributed by atoms with E-state index in [1.54, 1.807) is 0 Å². The van der Waals surface area contributed by atoms with Gasteiger partial charge in [0.2, 0.25) is 0 Å². The maximum absolute atomic E-state index is 13.0. The number of likely N-dealkylation sites (tertiary alicyclic amines) is 1. The Labute approximate surface area is 165 Å². The van der Waals surface area contributed by atoms with Crippen molar-refractivity contribution in [3.63, 3.8) is 0 Å². The second-order valence-corrected chi connectivity index (χ2v) is 7.22. The highest BCUT2D eigenvalue weighted by molar-refractivity contribution is 5.95. The number of pyridine rings is 1. The lowest BCUT2D eigenvalue weighted by atomic mass is 10.2. The normalized spacial score (nSPS) is 17.1. The number of fused-ring (bicyclic) bond motifs is 1. The largest absolute Gasteiger partial charge is 0.490 e. The van der Waals surface area contributed by atoms with Gasteiger partial charge >= 0.3 is 0 Å². The highest BCUT2D eigenvalue weighted by Gasteiger charge is 2.26. The van der Waals surface area contributed by atoms with Crippen molar-refractivity contribution in [2.24, 2.45) is 0 Å². The fraction of sp³-hybridized carbons (Fsp3) is 0.364. The average Bonchev–Trinajstić information content (AvgIpc) is 3.26. The lowest BCUT2D eigenvalue weighted by Crippen LogP contribution is -2.37. The van der Waals surface area contributed by atoms with Crippen LogP contribution in [0.3, 0.4) is 0 Å². The molecule has 6 heteroatoms. The van der Waals surface area contributed by atoms with Crippen LogP contribution in [0.25, 0.3) is 5.65 Å². The third-order valence-corrected chi connectivity index (χ3v) is 5.16. The fourth-order valence-electron chi connectivity index (χ4n) is 3.89. The number of hydrogen-bond donors (Lipinski definition) is 1. The van der Waals surface area contributed by atoms with E-state index in [-0.39, 0.29) is 11.9 Å². The molecule has 0 unspecified atom stereocenters. The van der Waals surface area contributed by atoms with Crippen molar-refractivity contribution < 1.29 is 9.53 Å². The van der Waals surface area contributed by atoms with Crippen molar-refractivity contribution in [2.45, 2.75) is 32.9 Å². The summed E-state index contributed by atoms with van der Waals surface area (Å²) in [4.78, 5) is 19.9. The molecule has 146 valence electrons. The Morgan fingerprint density at radius 2 is 2.07 bits per heavy atom. The zero-order valence-electron chi connectivity index (χ0n) is 16.4. The van der Waals surface area contributed by atoms with Gasteiger partial charge < -0.3 is 10.1 Å². The molecule has 0 radical (unpaired) electrons. The fourth-order valence-corrected chi connectivity index (χ4v) is 3.89. The highest BCUT2D eigenvalue weighted by atomic mass is 16.5. The molecule has 1 fully saturated rings. The van der Waals surface area contributed by atoms with Gasteiger partial charge in [-0.15, -0.1) is 0 Å². The van der Waals surface area contributed by atoms with Gasteiger partial charge in [-0.1, -0.05) is 30.3 Å². The Bertz CT molecular complexity index is 967. The molecule has 4 rings (SSSR count). The van der Waals surface area contributed by atoms with Crippen LogP contribution >= 0.6 is 0 Å². The van der Waals surface area contributed by atoms with Crippen LogP contribution in [-0.2, 0) is 6.54 Å². The van der Waals surface area contributed by atoms with Crippen molar-refractivity contribution >= 4 is 11.6 Å². The molecule has 0 saturated carbocycles. The number of nitrogens with zero attached hydrogens (tertiary/aromatic N) is 3. The van der Waals surface area contributed by atoms with E-state index in [4.69, 9.17) is 4.74 Å². The predicted octanol–water partition coefficient (Wildman–Crippen LogP) is 3.05. The standard InChI is InChI=1S/C22H26N4O2/c1-3-28-19-10-7-12-26-20(16(2)23-21(19)26)22(27)24-18-11-13-25(15-18)14-17-8-5-4-6-9-17/h4-10,12,18H,3,11,13-15H2,1-2H3,(H,24,27)/t18-/m1/s1. The van der Waals surface area contributed by atoms with Gasteiger partial charge in [0, 0.05) is 31.9 Å². The van der Waals surface area contributed by atoms with Gasteiger partial charge in [0.15, 0.2) is 11.4 Å². The number of amides is 1. The predicted molar refractivity (Wildman–Crippen MR) is 109 cm³/mol. The lowest BCUT2D eigenvalue weighted by molar-refractivity contribution is 0.0931. The molecule has 6 nitrogen and oxygen atoms in total. The van der Waals surface area contributed by atoms with E-state index < -0.39 is 0 Å². The molecular formula is C22H26N4O2. The number of aryl methyl sites for hydroxylation is 1. The average molecular weight is 378 g/mol. The number of aromatic nitrogens is 2. The Morgan fingerprint density at radius 1 is 1.25 bits per heavy atom. The molecule has 28 heavy (non-hydrogen) atoms. The minimum Gasteiger partial charge on any atom is -0.490 e. The molecule has 1 aliphatic rings. The van der Waals surface area contributed by atoms with Crippen molar-refractivity contribution in [1.29, 1.82) is 0 Å². The summed E-state index contributed by atoms with van der Waals surface area (Å²) < 4.78 is 7.48. The van der Waals surface area contributed by atoms with Gasteiger partial charge in [-0.2, -0.15) is 0 Å². The molecule has 0 bridgehead atoms. The molecule has 1 aliphatic heterocycles. The number of imidazole rings is 1. The first-order chi connectivity index (χ1) is 13.7. The van der Waals surface area contributed by atoms with Crippen LogP contribution < -0.4 is 10.1 Å². The summed E-state index contributed by atoms with van der Waals surface area (Å²) in [5.74, 6) is 0.618. The first-order valence-corrected chi connectivity index (χ1v) is 9.83. The van der Waals surface area contributed by atoms with Crippen LogP contribution in [0.5, 0.6) is 5.75 Å². The molecule has 1 amide bonds. The minimum absolute atomic E-state index is 0.0785. The van der Waals surface area contributed by atoms with E-state index in [1.807, 2.05) is 42.6 Å². The van der Waals surface area contributed by atoms with E-state index in [1.165, 1.54) is 5.56 Å². The summed E-state index contributed by atoms with van der Waals surface area (Å²) >= 11 is 0. The van der Waals surface area contributed by atoms with Crippen LogP contribution in [0, 0.1) is 6.92 Å². The summed E-state index contributed by atoms with van der Waals surface area (Å²) in [5.41, 5.74) is 3.28. The number of carbonyl (C=O) groups excluding carboxylic acids is 1. The molecule has 3 aromatic rings. The topological polar surface area (TPSA) is 58.9 Å². The maximum Gasteiger partial charge on any atom is 0.270 e. The monoisotopic (exact) mass is 378 g/mol. The van der Waals surface area contributed by atoms with E-state index >= 15 is 0 Å². The Morgan fingerprint density at radius 3 is 2.86 bits per heavy atom. The molecule has 1 atom stereocenters. The van der Waals surface area contributed by atoms with Crippen LogP contribution in [0.15, 0.2) is 48.7 Å². The summed E-state index contributed by atoms with van der Waals surface area (Å²) in [6.07, 6.45) is 2.82. The van der Waals surface area contributed by atoms with Crippen LogP contribution in [-0.4, -0.2) is 45.9 Å². The van der Waals surface area contributed by atoms with Gasteiger partial charge in [-0.3, -0.25) is 14.1 Å². The van der Waals surface area contributed by atoms with Gasteiger partial charge in [-0.05, 0) is 38.0 Å². The Kier molecular flexibility index (Phi) is 5.30. The van der Waals surface area contributed by atoms with Crippen LogP contribution in [0.2, 0.25) is 0 Å². The molecule has 0 aliphatic carbocycles. The van der Waals surface area contributed by atoms with Crippen molar-refractivity contribution in [2.75, 3.05) is 19.7 Å². The van der Waals surface area contributed by atoms with Gasteiger partial charge in [-0.25, -0.2) is 4.98 Å². The third kappa shape index (κ3) is 3.73. The number of carbonyl (C=O) groups is 1. The first-order valence-electron chi connectivity index (χ1n) is 9.83. The zero-order chi connectivity index (χ0) is 19.5. The number of hydrogen-bond acceptors (Lipinski definition) is 4. The molecule has 3 heterocycles. The summed E-state index contributed by atoms with van der Waals surface area (Å²) in [6.45, 7) is 7.13. The molecule has 0 spiro atoms. The quantitative estimate of drug-likeness (QED) is 0.716. The zero-order valence-corrected chi connectivity index (χ0v) is 16.4. The van der Waals surface area contributed by atoms with Crippen molar-refractivity contribution in [3.05, 3.63) is 65.6 Å². The minimum atomic E-state index is -0.0785. The molecule has 1 aromatic carbocycles. The molecular weight excluding hydrogens is 352 g/mol. The summed E-state index contributed by atoms with van der Waals surface area (Å²) in [7, 11) is 0. The molecule has 1 N–H and O–H groups in total. The van der Waals surface area contributed by atoms with Gasteiger partial charge in [0.05, 0.1) is 12.3 Å². The SMILES string of the molecule is CCOc1cccn2c(C(=O)N[C@@H]3CCN(Cc4ccccc4)C3)c(C)nc12. The third-order valence-electron chi connectivity index (χ3n) is 5.16. The lowest BCUT2D eigenvalue weighted by Gasteiger charge is -2.17. The maximum atomic E-state index is 13.0. The number of benzene rings is 1. The smallest absolute Gasteiger partial charge is 0.270 e. The molecule has 1 saturated heterocycles. The number of nitrogens with one attached hydrogen (secondary N) is 1. The van der Waals surface area contributed by atoms with E-state index in [0.717, 1.165) is 26.1 Å². The Balaban J connectivity index is 1.46. The first kappa shape index (κ1) is 18.5. The summed E-state index contributed by atoms with van der Waals surface area (Å²) in [6, 6.07) is 14.4. The van der Waals surface area contributed by atoms with E-state index in [0.29, 0.717) is 29.4 Å². The highest BCUT2D eigenvalue weighted by Crippen LogP contribution is 2.22. The van der Waals surface area contributed by atoms with E-state index in [2.05, 4.69) is 39.5 Å². The van der Waals surface area contributed by atoms with Gasteiger partial charge in [0.25, 0.3) is 5.91 Å². The Hall–Kier alpha value is -2.86. The van der Waals surface area contributed by atoms with Gasteiger partial charge in [0.1, 0.15) is 5.69 Å². The number of rotatable bonds is 6. The van der Waals surface area contributed by atoms with E-state index in [9.17, 15) is 4.79 Å². The van der Waals surface area contributed by atoms with Crippen LogP contribution in [0.4, 0.5) is 0 Å². The number of ether oxygens (including phenoxy) is 1. The summed E-state index contributed by atoms with van der Waals surface area (Å²) in [5, 5.41) is 3.20. The second-order valence-electron chi connectivity index (χ2n) is 7.22. The van der Waals surface area contributed by atoms with Crippen LogP contribution in [0.1, 0.15) is 35.1 Å². The van der Waals surface area contributed by atoms with Crippen molar-refractivity contribution in [3.8, 4) is 5.75 Å². The van der Waals surface area contributed by atoms with Crippen molar-refractivity contribution in [1.82, 2.24) is 19.6 Å². The second kappa shape index (κ2) is 8.02.